The molecule has 2 aromatic heterocycles. The van der Waals surface area contributed by atoms with Gasteiger partial charge in [0.05, 0.1) is 41.3 Å². The summed E-state index contributed by atoms with van der Waals surface area (Å²) in [5.74, 6) is 0.276. The first-order chi connectivity index (χ1) is 16.3. The van der Waals surface area contributed by atoms with Crippen LogP contribution in [-0.2, 0) is 6.61 Å². The highest BCUT2D eigenvalue weighted by atomic mass is 16.3. The van der Waals surface area contributed by atoms with Gasteiger partial charge in [-0.15, -0.1) is 0 Å². The van der Waals surface area contributed by atoms with E-state index in [2.05, 4.69) is 43.7 Å². The Morgan fingerprint density at radius 2 is 1.91 bits per heavy atom. The number of aromatic nitrogens is 4. The summed E-state index contributed by atoms with van der Waals surface area (Å²) in [6.07, 6.45) is 11.1. The van der Waals surface area contributed by atoms with E-state index in [9.17, 15) is 10.2 Å². The van der Waals surface area contributed by atoms with Crippen molar-refractivity contribution in [3.63, 3.8) is 0 Å². The van der Waals surface area contributed by atoms with Gasteiger partial charge >= 0.3 is 0 Å². The van der Waals surface area contributed by atoms with Crippen molar-refractivity contribution in [2.45, 2.75) is 51.2 Å². The molecule has 0 amide bonds. The van der Waals surface area contributed by atoms with Crippen molar-refractivity contribution >= 4 is 27.8 Å². The van der Waals surface area contributed by atoms with Gasteiger partial charge in [0, 0.05) is 48.5 Å². The summed E-state index contributed by atoms with van der Waals surface area (Å²) >= 11 is 0. The van der Waals surface area contributed by atoms with Gasteiger partial charge in [-0.25, -0.2) is 9.97 Å². The van der Waals surface area contributed by atoms with Crippen LogP contribution in [0.4, 0.5) is 5.69 Å². The van der Waals surface area contributed by atoms with E-state index in [1.807, 2.05) is 6.33 Å². The number of hydrogen-bond acceptors (Lipinski definition) is 5. The third-order valence-electron chi connectivity index (χ3n) is 7.68. The Bertz CT molecular complexity index is 1290. The number of anilines is 1. The molecule has 0 bridgehead atoms. The molecule has 172 valence electrons. The van der Waals surface area contributed by atoms with Crippen LogP contribution in [0.1, 0.15) is 50.1 Å². The topological polar surface area (TPSA) is 90.2 Å². The molecule has 1 saturated carbocycles. The summed E-state index contributed by atoms with van der Waals surface area (Å²) in [5.41, 5.74) is 7.97. The van der Waals surface area contributed by atoms with Crippen molar-refractivity contribution in [1.29, 1.82) is 0 Å². The number of hydrogen-bond donors (Lipinski definition) is 3. The summed E-state index contributed by atoms with van der Waals surface area (Å²) in [6, 6.07) is 9.25. The quantitative estimate of drug-likeness (QED) is 0.424. The summed E-state index contributed by atoms with van der Waals surface area (Å²) in [7, 11) is 0. The number of fused-ring (bicyclic) bond motifs is 2. The Kier molecular flexibility index (Phi) is 5.31. The molecule has 6 rings (SSSR count). The van der Waals surface area contributed by atoms with Gasteiger partial charge in [-0.2, -0.15) is 0 Å². The molecular formula is C26H31N5O2. The molecule has 3 heterocycles. The molecule has 1 aliphatic carbocycles. The molecule has 3 N–H and O–H groups in total. The van der Waals surface area contributed by atoms with Crippen molar-refractivity contribution in [2.24, 2.45) is 5.92 Å². The summed E-state index contributed by atoms with van der Waals surface area (Å²) in [4.78, 5) is 14.9. The molecule has 2 aromatic carbocycles. The van der Waals surface area contributed by atoms with Gasteiger partial charge in [0.25, 0.3) is 0 Å². The zero-order chi connectivity index (χ0) is 22.4. The summed E-state index contributed by atoms with van der Waals surface area (Å²) < 4.78 is 2.36. The fourth-order valence-corrected chi connectivity index (χ4v) is 5.86. The molecule has 1 aliphatic heterocycles. The Morgan fingerprint density at radius 3 is 2.70 bits per heavy atom. The van der Waals surface area contributed by atoms with Crippen LogP contribution in [-0.4, -0.2) is 49.4 Å². The molecule has 4 aromatic rings. The normalized spacial score (nSPS) is 19.8. The first kappa shape index (κ1) is 20.7. The molecule has 0 radical (unpaired) electrons. The highest BCUT2D eigenvalue weighted by Gasteiger charge is 2.26. The lowest BCUT2D eigenvalue weighted by molar-refractivity contribution is 0.238. The molecule has 7 nitrogen and oxygen atoms in total. The number of benzene rings is 2. The van der Waals surface area contributed by atoms with Crippen LogP contribution in [0.15, 0.2) is 36.9 Å². The maximum atomic E-state index is 10.2. The summed E-state index contributed by atoms with van der Waals surface area (Å²) in [5, 5.41) is 19.8. The monoisotopic (exact) mass is 445 g/mol. The molecule has 33 heavy (non-hydrogen) atoms. The molecular weight excluding hydrogens is 414 g/mol. The Balaban J connectivity index is 1.45. The standard InChI is InChI=1S/C26H31N5O2/c32-13-17-8-9-30(12-17)24-11-20(25-26(21(24)14-33)28-15-27-25)18-6-7-23-22(10-18)29-16-31(23)19-4-2-1-3-5-19/h6-7,10-11,15-17,19,32-33H,1-5,8-9,12-14H2,(H,27,28)/t17-/m0/s1. The second-order valence-electron chi connectivity index (χ2n) is 9.64. The maximum Gasteiger partial charge on any atom is 0.0966 e. The second-order valence-corrected chi connectivity index (χ2v) is 9.64. The molecule has 2 aliphatic rings. The minimum atomic E-state index is -0.0561. The first-order valence-electron chi connectivity index (χ1n) is 12.2. The fourth-order valence-electron chi connectivity index (χ4n) is 5.86. The fraction of sp³-hybridized carbons (Fsp3) is 0.462. The van der Waals surface area contributed by atoms with Gasteiger partial charge in [-0.05, 0) is 43.0 Å². The van der Waals surface area contributed by atoms with Gasteiger partial charge in [0.2, 0.25) is 0 Å². The third kappa shape index (κ3) is 3.50. The van der Waals surface area contributed by atoms with Crippen LogP contribution in [0.25, 0.3) is 33.2 Å². The maximum absolute atomic E-state index is 10.2. The Hall–Kier alpha value is -2.90. The minimum absolute atomic E-state index is 0.0561. The Labute approximate surface area is 193 Å². The highest BCUT2D eigenvalue weighted by Crippen LogP contribution is 2.39. The molecule has 1 saturated heterocycles. The van der Waals surface area contributed by atoms with Crippen LogP contribution in [0.3, 0.4) is 0 Å². The third-order valence-corrected chi connectivity index (χ3v) is 7.68. The predicted molar refractivity (Wildman–Crippen MR) is 130 cm³/mol. The van der Waals surface area contributed by atoms with Gasteiger partial charge in [-0.1, -0.05) is 25.3 Å². The number of nitrogens with one attached hydrogen (secondary N) is 1. The molecule has 0 spiro atoms. The zero-order valence-electron chi connectivity index (χ0n) is 18.9. The molecule has 0 unspecified atom stereocenters. The molecule has 7 heteroatoms. The van der Waals surface area contributed by atoms with Crippen LogP contribution < -0.4 is 4.90 Å². The Morgan fingerprint density at radius 1 is 1.03 bits per heavy atom. The number of aliphatic hydroxyl groups excluding tert-OH is 2. The highest BCUT2D eigenvalue weighted by molar-refractivity contribution is 5.99. The first-order valence-corrected chi connectivity index (χ1v) is 12.2. The number of nitrogens with zero attached hydrogens (tertiary/aromatic N) is 4. The molecule has 2 fully saturated rings. The van der Waals surface area contributed by atoms with Crippen molar-refractivity contribution in [1.82, 2.24) is 19.5 Å². The smallest absolute Gasteiger partial charge is 0.0966 e. The van der Waals surface area contributed by atoms with Crippen LogP contribution in [0.5, 0.6) is 0 Å². The van der Waals surface area contributed by atoms with E-state index in [-0.39, 0.29) is 19.1 Å². The number of H-pyrrole nitrogens is 1. The van der Waals surface area contributed by atoms with Gasteiger partial charge in [-0.3, -0.25) is 0 Å². The van der Waals surface area contributed by atoms with Crippen LogP contribution in [0.2, 0.25) is 0 Å². The average Bonchev–Trinajstić information content (AvgIpc) is 3.62. The number of rotatable bonds is 5. The van der Waals surface area contributed by atoms with Crippen molar-refractivity contribution in [3.05, 3.63) is 42.5 Å². The van der Waals surface area contributed by atoms with Gasteiger partial charge in [0.1, 0.15) is 0 Å². The van der Waals surface area contributed by atoms with E-state index in [4.69, 9.17) is 4.98 Å². The van der Waals surface area contributed by atoms with Gasteiger partial charge < -0.3 is 24.7 Å². The predicted octanol–water partition coefficient (Wildman–Crippen LogP) is 4.40. The van der Waals surface area contributed by atoms with E-state index < -0.39 is 0 Å². The van der Waals surface area contributed by atoms with Crippen LogP contribution in [0, 0.1) is 5.92 Å². The van der Waals surface area contributed by atoms with E-state index in [0.717, 1.165) is 58.4 Å². The lowest BCUT2D eigenvalue weighted by Gasteiger charge is -2.24. The SMILES string of the molecule is OCc1c(N2CC[C@H](CO)C2)cc(-c2ccc3c(c2)ncn3C2CCCCC2)c2nc[nH]c12. The van der Waals surface area contributed by atoms with E-state index >= 15 is 0 Å². The van der Waals surface area contributed by atoms with Gasteiger partial charge in [0.15, 0.2) is 0 Å². The minimum Gasteiger partial charge on any atom is -0.396 e. The van der Waals surface area contributed by atoms with E-state index in [1.165, 1.54) is 37.6 Å². The largest absolute Gasteiger partial charge is 0.396 e. The lowest BCUT2D eigenvalue weighted by Crippen LogP contribution is -2.22. The second kappa shape index (κ2) is 8.47. The van der Waals surface area contributed by atoms with E-state index in [1.54, 1.807) is 6.33 Å². The number of aliphatic hydroxyl groups is 2. The zero-order valence-corrected chi connectivity index (χ0v) is 18.9. The van der Waals surface area contributed by atoms with Crippen molar-refractivity contribution in [2.75, 3.05) is 24.6 Å². The lowest BCUT2D eigenvalue weighted by atomic mass is 9.95. The number of aromatic amines is 1. The van der Waals surface area contributed by atoms with Crippen molar-refractivity contribution < 1.29 is 10.2 Å². The number of imidazole rings is 2. The van der Waals surface area contributed by atoms with Crippen LogP contribution >= 0.6 is 0 Å². The van der Waals surface area contributed by atoms with E-state index in [0.29, 0.717) is 6.04 Å². The van der Waals surface area contributed by atoms with Crippen molar-refractivity contribution in [3.8, 4) is 11.1 Å². The average molecular weight is 446 g/mol. The molecule has 1 atom stereocenters. The summed E-state index contributed by atoms with van der Waals surface area (Å²) in [6.45, 7) is 1.82.